The summed E-state index contributed by atoms with van der Waals surface area (Å²) in [5, 5.41) is 3.01. The van der Waals surface area contributed by atoms with E-state index < -0.39 is 0 Å². The molecule has 3 atom stereocenters. The first-order valence-electron chi connectivity index (χ1n) is 7.76. The van der Waals surface area contributed by atoms with Gasteiger partial charge in [-0.25, -0.2) is 0 Å². The number of nitrogens with one attached hydrogen (secondary N) is 1. The minimum Gasteiger partial charge on any atom is -0.382 e. The predicted molar refractivity (Wildman–Crippen MR) is 79.4 cm³/mol. The second-order valence-corrected chi connectivity index (χ2v) is 5.70. The van der Waals surface area contributed by atoms with Crippen LogP contribution in [-0.4, -0.2) is 45.4 Å². The number of ether oxygens (including phenoxy) is 2. The number of carbonyl (C=O) groups excluding carboxylic acids is 1. The van der Waals surface area contributed by atoms with Gasteiger partial charge in [0.2, 0.25) is 5.91 Å². The van der Waals surface area contributed by atoms with Crippen molar-refractivity contribution in [2.75, 3.05) is 33.5 Å². The first-order chi connectivity index (χ1) is 9.66. The quantitative estimate of drug-likeness (QED) is 0.627. The zero-order valence-electron chi connectivity index (χ0n) is 12.9. The lowest BCUT2D eigenvalue weighted by Gasteiger charge is -2.32. The van der Waals surface area contributed by atoms with Crippen LogP contribution in [0.2, 0.25) is 0 Å². The summed E-state index contributed by atoms with van der Waals surface area (Å²) in [5.74, 6) is 0.578. The lowest BCUT2D eigenvalue weighted by molar-refractivity contribution is -0.127. The molecule has 0 heterocycles. The van der Waals surface area contributed by atoms with Crippen LogP contribution in [0.1, 0.15) is 39.0 Å². The number of amides is 1. The Kier molecular flexibility index (Phi) is 8.82. The van der Waals surface area contributed by atoms with E-state index in [1.807, 2.05) is 0 Å². The van der Waals surface area contributed by atoms with E-state index in [0.717, 1.165) is 38.7 Å². The second kappa shape index (κ2) is 10.1. The molecule has 0 bridgehead atoms. The van der Waals surface area contributed by atoms with Crippen molar-refractivity contribution in [2.24, 2.45) is 17.6 Å². The van der Waals surface area contributed by atoms with Gasteiger partial charge in [-0.05, 0) is 31.6 Å². The third kappa shape index (κ3) is 6.20. The largest absolute Gasteiger partial charge is 0.382 e. The summed E-state index contributed by atoms with van der Waals surface area (Å²) in [6.45, 7) is 4.84. The standard InChI is InChI=1S/C15H30N2O3/c1-12-6-5-7-13(14(12)16)15(18)17-8-3-4-9-20-11-10-19-2/h12-14H,3-11,16H2,1-2H3,(H,17,18). The molecule has 1 rings (SSSR count). The first kappa shape index (κ1) is 17.4. The van der Waals surface area contributed by atoms with Crippen molar-refractivity contribution in [3.8, 4) is 0 Å². The summed E-state index contributed by atoms with van der Waals surface area (Å²) in [6.07, 6.45) is 5.08. The van der Waals surface area contributed by atoms with Gasteiger partial charge in [0.15, 0.2) is 0 Å². The van der Waals surface area contributed by atoms with E-state index in [1.54, 1.807) is 7.11 Å². The van der Waals surface area contributed by atoms with Crippen LogP contribution < -0.4 is 11.1 Å². The highest BCUT2D eigenvalue weighted by Crippen LogP contribution is 2.27. The number of carbonyl (C=O) groups is 1. The fourth-order valence-electron chi connectivity index (χ4n) is 2.66. The minimum absolute atomic E-state index is 0.00305. The highest BCUT2D eigenvalue weighted by molar-refractivity contribution is 5.79. The normalized spacial score (nSPS) is 26.4. The van der Waals surface area contributed by atoms with Gasteiger partial charge in [0.05, 0.1) is 19.1 Å². The van der Waals surface area contributed by atoms with Crippen molar-refractivity contribution < 1.29 is 14.3 Å². The lowest BCUT2D eigenvalue weighted by Crippen LogP contribution is -2.47. The van der Waals surface area contributed by atoms with Crippen LogP contribution in [0.25, 0.3) is 0 Å². The number of nitrogens with two attached hydrogens (primary N) is 1. The van der Waals surface area contributed by atoms with Crippen LogP contribution in [-0.2, 0) is 14.3 Å². The molecule has 0 saturated heterocycles. The van der Waals surface area contributed by atoms with Crippen LogP contribution >= 0.6 is 0 Å². The number of unbranched alkanes of at least 4 members (excludes halogenated alkanes) is 1. The summed E-state index contributed by atoms with van der Waals surface area (Å²) in [4.78, 5) is 12.1. The molecular weight excluding hydrogens is 256 g/mol. The molecule has 1 aliphatic carbocycles. The number of rotatable bonds is 9. The molecule has 1 amide bonds. The van der Waals surface area contributed by atoms with Crippen molar-refractivity contribution in [1.82, 2.24) is 5.32 Å². The Hall–Kier alpha value is -0.650. The molecule has 5 heteroatoms. The molecule has 1 fully saturated rings. The third-order valence-corrected chi connectivity index (χ3v) is 4.08. The number of hydrogen-bond acceptors (Lipinski definition) is 4. The molecule has 1 aliphatic rings. The Morgan fingerprint density at radius 1 is 1.25 bits per heavy atom. The molecule has 3 unspecified atom stereocenters. The Labute approximate surface area is 122 Å². The maximum atomic E-state index is 12.1. The van der Waals surface area contributed by atoms with Crippen molar-refractivity contribution in [2.45, 2.75) is 45.1 Å². The fraction of sp³-hybridized carbons (Fsp3) is 0.933. The minimum atomic E-state index is -0.00305. The van der Waals surface area contributed by atoms with Crippen LogP contribution in [0.3, 0.4) is 0 Å². The second-order valence-electron chi connectivity index (χ2n) is 5.70. The van der Waals surface area contributed by atoms with Crippen LogP contribution in [0.15, 0.2) is 0 Å². The maximum Gasteiger partial charge on any atom is 0.224 e. The third-order valence-electron chi connectivity index (χ3n) is 4.08. The van der Waals surface area contributed by atoms with Gasteiger partial charge in [-0.2, -0.15) is 0 Å². The highest BCUT2D eigenvalue weighted by atomic mass is 16.5. The Morgan fingerprint density at radius 2 is 2.05 bits per heavy atom. The average Bonchev–Trinajstić information content (AvgIpc) is 2.44. The summed E-state index contributed by atoms with van der Waals surface area (Å²) in [5.41, 5.74) is 6.13. The van der Waals surface area contributed by atoms with E-state index >= 15 is 0 Å². The monoisotopic (exact) mass is 286 g/mol. The topological polar surface area (TPSA) is 73.6 Å². The van der Waals surface area contributed by atoms with E-state index in [-0.39, 0.29) is 17.9 Å². The van der Waals surface area contributed by atoms with Crippen molar-refractivity contribution in [1.29, 1.82) is 0 Å². The van der Waals surface area contributed by atoms with Gasteiger partial charge >= 0.3 is 0 Å². The molecule has 0 aromatic carbocycles. The van der Waals surface area contributed by atoms with E-state index in [2.05, 4.69) is 12.2 Å². The van der Waals surface area contributed by atoms with Crippen molar-refractivity contribution >= 4 is 5.91 Å². The molecule has 0 aliphatic heterocycles. The van der Waals surface area contributed by atoms with Crippen LogP contribution in [0, 0.1) is 11.8 Å². The van der Waals surface area contributed by atoms with E-state index in [0.29, 0.717) is 25.7 Å². The predicted octanol–water partition coefficient (Wildman–Crippen LogP) is 1.31. The number of methoxy groups -OCH3 is 1. The van der Waals surface area contributed by atoms with Crippen LogP contribution in [0.5, 0.6) is 0 Å². The first-order valence-corrected chi connectivity index (χ1v) is 7.76. The van der Waals surface area contributed by atoms with Gasteiger partial charge in [-0.3, -0.25) is 4.79 Å². The summed E-state index contributed by atoms with van der Waals surface area (Å²) in [6, 6.07) is 0.0149. The van der Waals surface area contributed by atoms with Crippen LogP contribution in [0.4, 0.5) is 0 Å². The maximum absolute atomic E-state index is 12.1. The Balaban J connectivity index is 2.05. The molecule has 5 nitrogen and oxygen atoms in total. The zero-order valence-corrected chi connectivity index (χ0v) is 12.9. The van der Waals surface area contributed by atoms with Gasteiger partial charge in [-0.1, -0.05) is 13.3 Å². The van der Waals surface area contributed by atoms with Gasteiger partial charge in [0, 0.05) is 26.3 Å². The molecule has 0 radical (unpaired) electrons. The smallest absolute Gasteiger partial charge is 0.224 e. The summed E-state index contributed by atoms with van der Waals surface area (Å²) in [7, 11) is 1.66. The van der Waals surface area contributed by atoms with Gasteiger partial charge in [-0.15, -0.1) is 0 Å². The number of hydrogen-bond donors (Lipinski definition) is 2. The molecule has 0 aromatic rings. The van der Waals surface area contributed by atoms with Crippen molar-refractivity contribution in [3.05, 3.63) is 0 Å². The van der Waals surface area contributed by atoms with Gasteiger partial charge in [0.1, 0.15) is 0 Å². The molecule has 20 heavy (non-hydrogen) atoms. The molecule has 118 valence electrons. The SMILES string of the molecule is COCCOCCCCNC(=O)C1CCCC(C)C1N. The highest BCUT2D eigenvalue weighted by Gasteiger charge is 2.32. The Morgan fingerprint density at radius 3 is 2.80 bits per heavy atom. The molecule has 0 spiro atoms. The van der Waals surface area contributed by atoms with E-state index in [9.17, 15) is 4.79 Å². The van der Waals surface area contributed by atoms with E-state index in [1.165, 1.54) is 0 Å². The van der Waals surface area contributed by atoms with Gasteiger partial charge < -0.3 is 20.5 Å². The fourth-order valence-corrected chi connectivity index (χ4v) is 2.66. The van der Waals surface area contributed by atoms with Gasteiger partial charge in [0.25, 0.3) is 0 Å². The molecular formula is C15H30N2O3. The van der Waals surface area contributed by atoms with Crippen molar-refractivity contribution in [3.63, 3.8) is 0 Å². The summed E-state index contributed by atoms with van der Waals surface area (Å²) < 4.78 is 10.3. The lowest BCUT2D eigenvalue weighted by atomic mass is 9.78. The van der Waals surface area contributed by atoms with E-state index in [4.69, 9.17) is 15.2 Å². The summed E-state index contributed by atoms with van der Waals surface area (Å²) >= 11 is 0. The molecule has 1 saturated carbocycles. The molecule has 0 aromatic heterocycles. The Bertz CT molecular complexity index is 274. The molecule has 3 N–H and O–H groups in total. The zero-order chi connectivity index (χ0) is 14.8. The average molecular weight is 286 g/mol.